The summed E-state index contributed by atoms with van der Waals surface area (Å²) in [7, 11) is 0. The lowest BCUT2D eigenvalue weighted by Crippen LogP contribution is -2.31. The van der Waals surface area contributed by atoms with E-state index in [1.807, 2.05) is 57.2 Å². The molecule has 1 amide bonds. The van der Waals surface area contributed by atoms with Crippen LogP contribution >= 0.6 is 0 Å². The van der Waals surface area contributed by atoms with E-state index in [1.165, 1.54) is 19.3 Å². The highest BCUT2D eigenvalue weighted by Gasteiger charge is 2.45. The van der Waals surface area contributed by atoms with E-state index in [0.29, 0.717) is 12.5 Å². The van der Waals surface area contributed by atoms with Gasteiger partial charge in [-0.05, 0) is 68.0 Å². The zero-order valence-electron chi connectivity index (χ0n) is 18.9. The third-order valence-corrected chi connectivity index (χ3v) is 6.50. The van der Waals surface area contributed by atoms with Gasteiger partial charge in [0.1, 0.15) is 5.76 Å². The molecule has 0 aromatic heterocycles. The van der Waals surface area contributed by atoms with Gasteiger partial charge in [0.2, 0.25) is 5.91 Å². The molecular weight excluding hydrogens is 390 g/mol. The van der Waals surface area contributed by atoms with Crippen molar-refractivity contribution >= 4 is 17.6 Å². The number of amides is 1. The van der Waals surface area contributed by atoms with Crippen LogP contribution in [0.15, 0.2) is 59.9 Å². The lowest BCUT2D eigenvalue weighted by molar-refractivity contribution is -0.138. The van der Waals surface area contributed by atoms with Crippen LogP contribution in [0.5, 0.6) is 0 Å². The van der Waals surface area contributed by atoms with Gasteiger partial charge in [-0.25, -0.2) is 0 Å². The molecule has 5 heteroatoms. The molecule has 4 rings (SSSR count). The first-order chi connectivity index (χ1) is 14.9. The zero-order chi connectivity index (χ0) is 22.6. The Kier molecular flexibility index (Phi) is 7.04. The number of hydrogen-bond acceptors (Lipinski definition) is 3. The average molecular weight is 424 g/mol. The van der Waals surface area contributed by atoms with Crippen molar-refractivity contribution in [1.82, 2.24) is 0 Å². The van der Waals surface area contributed by atoms with E-state index in [0.717, 1.165) is 29.2 Å². The Hall–Kier alpha value is -2.82. The summed E-state index contributed by atoms with van der Waals surface area (Å²) in [6.07, 6.45) is 11.6. The number of carbonyl (C=O) groups is 2. The Morgan fingerprint density at radius 3 is 2.48 bits per heavy atom. The predicted octanol–water partition coefficient (Wildman–Crippen LogP) is 5.45. The fraction of sp³-hybridized carbons (Fsp3) is 0.462. The fourth-order valence-corrected chi connectivity index (χ4v) is 3.98. The SMILES string of the molecule is CC.CC(C(=O)O)c1ccc(N2CC3=CC=C(OCC4CCC4)C=CC3(C)C2=O)cc1. The van der Waals surface area contributed by atoms with Crippen LogP contribution in [0.2, 0.25) is 0 Å². The van der Waals surface area contributed by atoms with Crippen molar-refractivity contribution in [3.8, 4) is 0 Å². The van der Waals surface area contributed by atoms with Crippen LogP contribution in [0, 0.1) is 11.3 Å². The van der Waals surface area contributed by atoms with Gasteiger partial charge >= 0.3 is 5.97 Å². The summed E-state index contributed by atoms with van der Waals surface area (Å²) in [6, 6.07) is 7.23. The van der Waals surface area contributed by atoms with E-state index >= 15 is 0 Å². The maximum absolute atomic E-state index is 13.2. The second-order valence-corrected chi connectivity index (χ2v) is 8.45. The summed E-state index contributed by atoms with van der Waals surface area (Å²) in [6.45, 7) is 8.86. The molecule has 1 aromatic rings. The molecule has 3 aliphatic rings. The standard InChI is InChI=1S/C24H27NO4.C2H6/c1-16(22(26)27)18-6-9-20(10-7-18)25-14-19-8-11-21(29-15-17-4-3-5-17)12-13-24(19,2)23(25)28;1-2/h6-13,16-17H,3-5,14-15H2,1-2H3,(H,26,27);1-2H3. The first kappa shape index (κ1) is 22.9. The maximum Gasteiger partial charge on any atom is 0.310 e. The zero-order valence-corrected chi connectivity index (χ0v) is 18.9. The van der Waals surface area contributed by atoms with Gasteiger partial charge in [0.25, 0.3) is 0 Å². The first-order valence-electron chi connectivity index (χ1n) is 11.3. The van der Waals surface area contributed by atoms with Crippen molar-refractivity contribution in [3.63, 3.8) is 0 Å². The van der Waals surface area contributed by atoms with Crippen LogP contribution in [-0.2, 0) is 14.3 Å². The Labute approximate surface area is 185 Å². The number of carboxylic acids is 1. The van der Waals surface area contributed by atoms with E-state index in [9.17, 15) is 14.7 Å². The van der Waals surface area contributed by atoms with Gasteiger partial charge in [-0.15, -0.1) is 0 Å². The van der Waals surface area contributed by atoms with E-state index in [4.69, 9.17) is 4.74 Å². The van der Waals surface area contributed by atoms with Crippen LogP contribution in [0.1, 0.15) is 58.4 Å². The molecule has 0 bridgehead atoms. The number of ether oxygens (including phenoxy) is 1. The number of benzene rings is 1. The summed E-state index contributed by atoms with van der Waals surface area (Å²) in [5, 5.41) is 9.17. The Balaban J connectivity index is 0.00000132. The summed E-state index contributed by atoms with van der Waals surface area (Å²) in [5.74, 6) is 0.0663. The second kappa shape index (κ2) is 9.54. The number of anilines is 1. The quantitative estimate of drug-likeness (QED) is 0.661. The predicted molar refractivity (Wildman–Crippen MR) is 123 cm³/mol. The number of aliphatic carboxylic acids is 1. The van der Waals surface area contributed by atoms with Crippen molar-refractivity contribution in [2.75, 3.05) is 18.1 Å². The molecule has 31 heavy (non-hydrogen) atoms. The van der Waals surface area contributed by atoms with E-state index in [1.54, 1.807) is 24.0 Å². The molecule has 1 aromatic carbocycles. The Bertz CT molecular complexity index is 908. The van der Waals surface area contributed by atoms with Crippen LogP contribution in [0.4, 0.5) is 5.69 Å². The number of rotatable bonds is 6. The molecule has 1 N–H and O–H groups in total. The molecule has 2 atom stereocenters. The van der Waals surface area contributed by atoms with Gasteiger partial charge in [-0.2, -0.15) is 0 Å². The lowest BCUT2D eigenvalue weighted by Gasteiger charge is -2.25. The summed E-state index contributed by atoms with van der Waals surface area (Å²) < 4.78 is 5.94. The first-order valence-corrected chi connectivity index (χ1v) is 11.3. The van der Waals surface area contributed by atoms with Crippen molar-refractivity contribution in [3.05, 3.63) is 65.5 Å². The van der Waals surface area contributed by atoms with Gasteiger partial charge in [-0.1, -0.05) is 44.6 Å². The van der Waals surface area contributed by atoms with Crippen LogP contribution in [0.3, 0.4) is 0 Å². The van der Waals surface area contributed by atoms with Crippen molar-refractivity contribution < 1.29 is 19.4 Å². The van der Waals surface area contributed by atoms with Gasteiger partial charge in [-0.3, -0.25) is 9.59 Å². The number of fused-ring (bicyclic) bond motifs is 1. The molecule has 1 aliphatic heterocycles. The second-order valence-electron chi connectivity index (χ2n) is 8.45. The average Bonchev–Trinajstić information content (AvgIpc) is 2.89. The topological polar surface area (TPSA) is 66.8 Å². The third-order valence-electron chi connectivity index (χ3n) is 6.50. The van der Waals surface area contributed by atoms with Gasteiger partial charge in [0.05, 0.1) is 17.9 Å². The largest absolute Gasteiger partial charge is 0.493 e. The van der Waals surface area contributed by atoms with Gasteiger partial charge in [0.15, 0.2) is 0 Å². The number of nitrogens with zero attached hydrogens (tertiary/aromatic N) is 1. The summed E-state index contributed by atoms with van der Waals surface area (Å²) in [5.41, 5.74) is 1.85. The minimum Gasteiger partial charge on any atom is -0.493 e. The molecule has 1 heterocycles. The molecule has 166 valence electrons. The van der Waals surface area contributed by atoms with Crippen LogP contribution < -0.4 is 4.90 Å². The molecule has 2 unspecified atom stereocenters. The maximum atomic E-state index is 13.2. The third kappa shape index (κ3) is 4.60. The van der Waals surface area contributed by atoms with E-state index in [2.05, 4.69) is 0 Å². The van der Waals surface area contributed by atoms with E-state index in [-0.39, 0.29) is 5.91 Å². The molecule has 0 radical (unpaired) electrons. The number of hydrogen-bond donors (Lipinski definition) is 1. The molecule has 5 nitrogen and oxygen atoms in total. The smallest absolute Gasteiger partial charge is 0.310 e. The van der Waals surface area contributed by atoms with Crippen molar-refractivity contribution in [2.45, 2.75) is 52.9 Å². The number of carboxylic acid groups (broad SMARTS) is 1. The van der Waals surface area contributed by atoms with Crippen LogP contribution in [-0.4, -0.2) is 30.1 Å². The number of allylic oxidation sites excluding steroid dienone is 3. The normalized spacial score (nSPS) is 23.5. The number of carbonyl (C=O) groups excluding carboxylic acids is 1. The van der Waals surface area contributed by atoms with Crippen molar-refractivity contribution in [1.29, 1.82) is 0 Å². The van der Waals surface area contributed by atoms with Gasteiger partial charge < -0.3 is 14.7 Å². The highest BCUT2D eigenvalue weighted by atomic mass is 16.5. The minimum atomic E-state index is -0.859. The summed E-state index contributed by atoms with van der Waals surface area (Å²) >= 11 is 0. The monoisotopic (exact) mass is 423 g/mol. The molecule has 1 saturated heterocycles. The molecule has 2 aliphatic carbocycles. The Morgan fingerprint density at radius 2 is 1.90 bits per heavy atom. The Morgan fingerprint density at radius 1 is 1.23 bits per heavy atom. The van der Waals surface area contributed by atoms with Gasteiger partial charge in [0, 0.05) is 12.2 Å². The lowest BCUT2D eigenvalue weighted by atomic mass is 9.84. The van der Waals surface area contributed by atoms with Crippen LogP contribution in [0.25, 0.3) is 0 Å². The molecular formula is C26H33NO4. The summed E-state index contributed by atoms with van der Waals surface area (Å²) in [4.78, 5) is 26.2. The molecule has 0 spiro atoms. The molecule has 1 saturated carbocycles. The fourth-order valence-electron chi connectivity index (χ4n) is 3.98. The molecule has 2 fully saturated rings. The van der Waals surface area contributed by atoms with E-state index < -0.39 is 17.3 Å². The van der Waals surface area contributed by atoms with Crippen molar-refractivity contribution in [2.24, 2.45) is 11.3 Å². The highest BCUT2D eigenvalue weighted by Crippen LogP contribution is 2.42. The minimum absolute atomic E-state index is 0.0210. The highest BCUT2D eigenvalue weighted by molar-refractivity contribution is 6.05.